The molecule has 1 aromatic carbocycles. The van der Waals surface area contributed by atoms with E-state index in [0.717, 1.165) is 38.3 Å². The van der Waals surface area contributed by atoms with Crippen LogP contribution in [-0.4, -0.2) is 57.1 Å². The molecule has 1 amide bonds. The van der Waals surface area contributed by atoms with E-state index in [0.29, 0.717) is 11.9 Å². The number of nitrogens with one attached hydrogen (secondary N) is 2. The zero-order chi connectivity index (χ0) is 19.4. The minimum absolute atomic E-state index is 0. The van der Waals surface area contributed by atoms with Crippen LogP contribution in [0.3, 0.4) is 0 Å². The lowest BCUT2D eigenvalue weighted by Gasteiger charge is -2.15. The zero-order valence-electron chi connectivity index (χ0n) is 17.2. The normalized spacial score (nSPS) is 11.0. The van der Waals surface area contributed by atoms with Gasteiger partial charge in [0.1, 0.15) is 12.3 Å². The van der Waals surface area contributed by atoms with Gasteiger partial charge in [0.2, 0.25) is 5.91 Å². The van der Waals surface area contributed by atoms with E-state index in [1.165, 1.54) is 5.56 Å². The average molecular weight is 490 g/mol. The Bertz CT molecular complexity index is 577. The van der Waals surface area contributed by atoms with Crippen LogP contribution in [0.5, 0.6) is 5.75 Å². The summed E-state index contributed by atoms with van der Waals surface area (Å²) in [7, 11) is 3.47. The second kappa shape index (κ2) is 14.5. The first-order valence-corrected chi connectivity index (χ1v) is 9.36. The molecule has 0 aliphatic rings. The molecule has 7 heteroatoms. The van der Waals surface area contributed by atoms with Crippen LogP contribution in [0.2, 0.25) is 0 Å². The molecule has 6 nitrogen and oxygen atoms in total. The summed E-state index contributed by atoms with van der Waals surface area (Å²) in [6.07, 6.45) is 1.85. The van der Waals surface area contributed by atoms with Crippen molar-refractivity contribution in [2.45, 2.75) is 33.6 Å². The van der Waals surface area contributed by atoms with Gasteiger partial charge in [-0.3, -0.25) is 4.79 Å². The molecule has 2 N–H and O–H groups in total. The monoisotopic (exact) mass is 490 g/mol. The molecule has 0 saturated carbocycles. The highest BCUT2D eigenvalue weighted by molar-refractivity contribution is 14.0. The van der Waals surface area contributed by atoms with Crippen molar-refractivity contribution in [1.29, 1.82) is 0 Å². The first-order chi connectivity index (χ1) is 12.4. The maximum Gasteiger partial charge on any atom is 0.243 e. The zero-order valence-corrected chi connectivity index (χ0v) is 19.6. The molecule has 154 valence electrons. The highest BCUT2D eigenvalue weighted by Gasteiger charge is 2.05. The van der Waals surface area contributed by atoms with Gasteiger partial charge in [-0.25, -0.2) is 4.99 Å². The van der Waals surface area contributed by atoms with E-state index in [2.05, 4.69) is 48.5 Å². The van der Waals surface area contributed by atoms with Crippen molar-refractivity contribution >= 4 is 35.8 Å². The summed E-state index contributed by atoms with van der Waals surface area (Å²) in [6.45, 7) is 8.78. The van der Waals surface area contributed by atoms with Gasteiger partial charge in [-0.05, 0) is 36.5 Å². The third-order valence-corrected chi connectivity index (χ3v) is 3.63. The Morgan fingerprint density at radius 2 is 2.00 bits per heavy atom. The summed E-state index contributed by atoms with van der Waals surface area (Å²) in [6, 6.07) is 8.16. The number of rotatable bonds is 10. The van der Waals surface area contributed by atoms with E-state index in [9.17, 15) is 4.79 Å². The molecule has 0 heterocycles. The lowest BCUT2D eigenvalue weighted by molar-refractivity contribution is -0.127. The number of hydrogen-bond donors (Lipinski definition) is 2. The number of carbonyl (C=O) groups is 1. The van der Waals surface area contributed by atoms with Crippen LogP contribution in [0.4, 0.5) is 0 Å². The molecule has 0 aliphatic heterocycles. The number of likely N-dealkylation sites (N-methyl/N-ethyl adjacent to an activating group) is 1. The summed E-state index contributed by atoms with van der Waals surface area (Å²) in [4.78, 5) is 17.7. The molecule has 1 rings (SSSR count). The van der Waals surface area contributed by atoms with Crippen molar-refractivity contribution in [2.75, 3.05) is 40.3 Å². The summed E-state index contributed by atoms with van der Waals surface area (Å²) < 4.78 is 5.68. The van der Waals surface area contributed by atoms with Crippen LogP contribution in [0.25, 0.3) is 0 Å². The van der Waals surface area contributed by atoms with Crippen LogP contribution in [0.15, 0.2) is 29.3 Å². The Balaban J connectivity index is 0.00000676. The lowest BCUT2D eigenvalue weighted by atomic mass is 10.1. The number of carbonyl (C=O) groups excluding carboxylic acids is 1. The maximum absolute atomic E-state index is 11.8. The number of hydrogen-bond acceptors (Lipinski definition) is 3. The van der Waals surface area contributed by atoms with Crippen molar-refractivity contribution in [3.8, 4) is 5.75 Å². The van der Waals surface area contributed by atoms with Crippen molar-refractivity contribution < 1.29 is 9.53 Å². The van der Waals surface area contributed by atoms with Gasteiger partial charge in [0.25, 0.3) is 0 Å². The van der Waals surface area contributed by atoms with Crippen molar-refractivity contribution in [3.63, 3.8) is 0 Å². The molecule has 0 atom stereocenters. The number of ether oxygens (including phenoxy) is 1. The van der Waals surface area contributed by atoms with Gasteiger partial charge in [-0.15, -0.1) is 24.0 Å². The first-order valence-electron chi connectivity index (χ1n) is 9.36. The van der Waals surface area contributed by atoms with E-state index in [1.54, 1.807) is 19.0 Å². The molecule has 0 spiro atoms. The fraction of sp³-hybridized carbons (Fsp3) is 0.600. The summed E-state index contributed by atoms with van der Waals surface area (Å²) in [5.41, 5.74) is 1.21. The minimum Gasteiger partial charge on any atom is -0.494 e. The number of benzene rings is 1. The second-order valence-corrected chi connectivity index (χ2v) is 6.90. The fourth-order valence-corrected chi connectivity index (χ4v) is 2.10. The number of amides is 1. The van der Waals surface area contributed by atoms with Gasteiger partial charge in [0.05, 0.1) is 6.61 Å². The second-order valence-electron chi connectivity index (χ2n) is 6.90. The third kappa shape index (κ3) is 11.7. The predicted octanol–water partition coefficient (Wildman–Crippen LogP) is 2.92. The maximum atomic E-state index is 11.8. The minimum atomic E-state index is -0.0172. The quantitative estimate of drug-likeness (QED) is 0.301. The van der Waals surface area contributed by atoms with Crippen molar-refractivity contribution in [3.05, 3.63) is 29.8 Å². The molecule has 27 heavy (non-hydrogen) atoms. The summed E-state index contributed by atoms with van der Waals surface area (Å²) in [5.74, 6) is 2.07. The van der Waals surface area contributed by atoms with Gasteiger partial charge in [-0.1, -0.05) is 32.9 Å². The standard InChI is InChI=1S/C20H34N4O2.HI/c1-6-12-26-18-9-7-8-17(13-18)10-11-21-20(22-14-16(2)3)23-15-19(25)24(4)5;/h7-9,13,16H,6,10-12,14-15H2,1-5H3,(H2,21,22,23);1H. The third-order valence-electron chi connectivity index (χ3n) is 3.63. The number of aliphatic imine (C=N–C) groups is 1. The van der Waals surface area contributed by atoms with E-state index in [-0.39, 0.29) is 36.4 Å². The lowest BCUT2D eigenvalue weighted by Crippen LogP contribution is -2.41. The Hall–Kier alpha value is -1.51. The molecule has 1 aromatic rings. The van der Waals surface area contributed by atoms with Crippen LogP contribution in [-0.2, 0) is 11.2 Å². The van der Waals surface area contributed by atoms with Gasteiger partial charge in [0.15, 0.2) is 5.96 Å². The predicted molar refractivity (Wildman–Crippen MR) is 123 cm³/mol. The summed E-state index contributed by atoms with van der Waals surface area (Å²) >= 11 is 0. The molecular formula is C20H35IN4O2. The SMILES string of the molecule is CCCOc1cccc(CCNC(=NCC(=O)N(C)C)NCC(C)C)c1.I. The number of halogens is 1. The van der Waals surface area contributed by atoms with E-state index in [4.69, 9.17) is 4.74 Å². The Labute approximate surface area is 181 Å². The molecule has 0 saturated heterocycles. The van der Waals surface area contributed by atoms with E-state index in [1.807, 2.05) is 12.1 Å². The number of guanidine groups is 1. The highest BCUT2D eigenvalue weighted by atomic mass is 127. The van der Waals surface area contributed by atoms with Crippen LogP contribution >= 0.6 is 24.0 Å². The molecule has 0 unspecified atom stereocenters. The molecule has 0 aromatic heterocycles. The van der Waals surface area contributed by atoms with E-state index < -0.39 is 0 Å². The van der Waals surface area contributed by atoms with Gasteiger partial charge in [-0.2, -0.15) is 0 Å². The molecule has 0 aliphatic carbocycles. The molecule has 0 bridgehead atoms. The van der Waals surface area contributed by atoms with Gasteiger partial charge in [0, 0.05) is 27.2 Å². The Morgan fingerprint density at radius 1 is 1.26 bits per heavy atom. The van der Waals surface area contributed by atoms with Gasteiger partial charge >= 0.3 is 0 Å². The van der Waals surface area contributed by atoms with Crippen molar-refractivity contribution in [2.24, 2.45) is 10.9 Å². The van der Waals surface area contributed by atoms with Gasteiger partial charge < -0.3 is 20.3 Å². The Kier molecular flexibility index (Phi) is 13.7. The van der Waals surface area contributed by atoms with Crippen LogP contribution < -0.4 is 15.4 Å². The fourth-order valence-electron chi connectivity index (χ4n) is 2.10. The van der Waals surface area contributed by atoms with Crippen LogP contribution in [0, 0.1) is 5.92 Å². The molecule has 0 fully saturated rings. The largest absolute Gasteiger partial charge is 0.494 e. The topological polar surface area (TPSA) is 66.0 Å². The Morgan fingerprint density at radius 3 is 2.63 bits per heavy atom. The van der Waals surface area contributed by atoms with E-state index >= 15 is 0 Å². The highest BCUT2D eigenvalue weighted by Crippen LogP contribution is 2.13. The van der Waals surface area contributed by atoms with Crippen molar-refractivity contribution in [1.82, 2.24) is 15.5 Å². The van der Waals surface area contributed by atoms with Crippen LogP contribution in [0.1, 0.15) is 32.8 Å². The number of nitrogens with zero attached hydrogens (tertiary/aromatic N) is 2. The smallest absolute Gasteiger partial charge is 0.243 e. The molecular weight excluding hydrogens is 455 g/mol. The average Bonchev–Trinajstić information content (AvgIpc) is 2.61. The molecule has 0 radical (unpaired) electrons. The summed E-state index contributed by atoms with van der Waals surface area (Å²) in [5, 5.41) is 6.59. The first kappa shape index (κ1) is 25.5.